The zero-order valence-corrected chi connectivity index (χ0v) is 9.78. The van der Waals surface area contributed by atoms with E-state index >= 15 is 0 Å². The molecule has 0 aromatic rings. The minimum atomic E-state index is -0.694. The summed E-state index contributed by atoms with van der Waals surface area (Å²) in [7, 11) is 0. The quantitative estimate of drug-likeness (QED) is 0.523. The van der Waals surface area contributed by atoms with E-state index in [1.807, 2.05) is 20.8 Å². The molecule has 15 heavy (non-hydrogen) atoms. The van der Waals surface area contributed by atoms with Crippen molar-refractivity contribution in [1.82, 2.24) is 0 Å². The summed E-state index contributed by atoms with van der Waals surface area (Å²) in [6, 6.07) is 0. The fourth-order valence-electron chi connectivity index (χ4n) is 0.577. The first-order chi connectivity index (χ1) is 6.91. The average Bonchev–Trinajstić information content (AvgIpc) is 2.17. The van der Waals surface area contributed by atoms with Crippen molar-refractivity contribution < 1.29 is 24.7 Å². The van der Waals surface area contributed by atoms with Gasteiger partial charge in [-0.05, 0) is 31.7 Å². The van der Waals surface area contributed by atoms with Crippen molar-refractivity contribution in [2.24, 2.45) is 0 Å². The lowest BCUT2D eigenvalue weighted by Crippen LogP contribution is -2.24. The summed E-state index contributed by atoms with van der Waals surface area (Å²) in [5.41, 5.74) is -0.496. The Morgan fingerprint density at radius 2 is 2.00 bits per heavy atom. The van der Waals surface area contributed by atoms with Gasteiger partial charge in [-0.2, -0.15) is 4.89 Å². The predicted molar refractivity (Wildman–Crippen MR) is 53.5 cm³/mol. The van der Waals surface area contributed by atoms with Crippen molar-refractivity contribution in [3.05, 3.63) is 0 Å². The summed E-state index contributed by atoms with van der Waals surface area (Å²) in [5, 5.41) is 13.5. The number of aliphatic hydroxyl groups is 1. The zero-order valence-electron chi connectivity index (χ0n) is 9.78. The molecule has 1 unspecified atom stereocenters. The van der Waals surface area contributed by atoms with Crippen LogP contribution in [0.5, 0.6) is 0 Å². The van der Waals surface area contributed by atoms with E-state index in [4.69, 9.17) is 9.99 Å². The molecule has 0 aliphatic heterocycles. The van der Waals surface area contributed by atoms with Crippen LogP contribution < -0.4 is 0 Å². The lowest BCUT2D eigenvalue weighted by molar-refractivity contribution is -0.517. The molecule has 0 radical (unpaired) electrons. The summed E-state index contributed by atoms with van der Waals surface area (Å²) in [5.74, 6) is -0.642. The molecule has 1 N–H and O–H groups in total. The Labute approximate surface area is 90.2 Å². The van der Waals surface area contributed by atoms with Crippen molar-refractivity contribution >= 4 is 5.97 Å². The minimum absolute atomic E-state index is 0.0909. The highest BCUT2D eigenvalue weighted by molar-refractivity contribution is 5.69. The topological polar surface area (TPSA) is 65.0 Å². The SMILES string of the molecule is CCC(O)CC(=O)OOOC(C)(C)CC. The molecule has 0 rings (SSSR count). The number of hydrogen-bond donors (Lipinski definition) is 1. The van der Waals surface area contributed by atoms with Crippen molar-refractivity contribution in [3.8, 4) is 0 Å². The first kappa shape index (κ1) is 14.3. The molecular weight excluding hydrogens is 200 g/mol. The summed E-state index contributed by atoms with van der Waals surface area (Å²) in [4.78, 5) is 20.2. The van der Waals surface area contributed by atoms with Crippen molar-refractivity contribution in [2.75, 3.05) is 0 Å². The maximum Gasteiger partial charge on any atom is 0.348 e. The van der Waals surface area contributed by atoms with Crippen LogP contribution in [-0.2, 0) is 19.6 Å². The van der Waals surface area contributed by atoms with Crippen LogP contribution in [0.25, 0.3) is 0 Å². The minimum Gasteiger partial charge on any atom is -0.393 e. The molecule has 0 aromatic carbocycles. The van der Waals surface area contributed by atoms with E-state index in [9.17, 15) is 4.79 Å². The summed E-state index contributed by atoms with van der Waals surface area (Å²) in [6.45, 7) is 7.31. The van der Waals surface area contributed by atoms with Gasteiger partial charge in [0.2, 0.25) is 0 Å². The molecule has 0 spiro atoms. The van der Waals surface area contributed by atoms with E-state index in [0.717, 1.165) is 6.42 Å². The molecule has 0 aliphatic rings. The molecule has 1 atom stereocenters. The summed E-state index contributed by atoms with van der Waals surface area (Å²) >= 11 is 0. The second-order valence-corrected chi connectivity index (χ2v) is 3.99. The molecule has 5 nitrogen and oxygen atoms in total. The largest absolute Gasteiger partial charge is 0.393 e. The van der Waals surface area contributed by atoms with E-state index in [1.54, 1.807) is 6.92 Å². The van der Waals surface area contributed by atoms with Gasteiger partial charge in [-0.25, -0.2) is 4.79 Å². The van der Waals surface area contributed by atoms with Crippen molar-refractivity contribution in [1.29, 1.82) is 0 Å². The first-order valence-electron chi connectivity index (χ1n) is 5.14. The molecule has 0 bridgehead atoms. The average molecular weight is 220 g/mol. The number of carbonyl (C=O) groups excluding carboxylic acids is 1. The van der Waals surface area contributed by atoms with Crippen LogP contribution in [0.2, 0.25) is 0 Å². The molecule has 0 amide bonds. The Kier molecular flexibility index (Phi) is 6.47. The van der Waals surface area contributed by atoms with Gasteiger partial charge < -0.3 is 5.11 Å². The van der Waals surface area contributed by atoms with E-state index in [2.05, 4.69) is 9.93 Å². The van der Waals surface area contributed by atoms with Crippen LogP contribution in [0.4, 0.5) is 0 Å². The van der Waals surface area contributed by atoms with E-state index < -0.39 is 17.7 Å². The highest BCUT2D eigenvalue weighted by Crippen LogP contribution is 2.14. The Hall–Kier alpha value is -0.650. The third kappa shape index (κ3) is 7.30. The van der Waals surface area contributed by atoms with Gasteiger partial charge in [-0.3, -0.25) is 4.89 Å². The standard InChI is InChI=1S/C10H20O5/c1-5-8(11)7-9(12)13-15-14-10(3,4)6-2/h8,11H,5-7H2,1-4H3. The van der Waals surface area contributed by atoms with Crippen LogP contribution in [0.15, 0.2) is 0 Å². The lowest BCUT2D eigenvalue weighted by atomic mass is 10.1. The van der Waals surface area contributed by atoms with Gasteiger partial charge in [-0.1, -0.05) is 13.8 Å². The number of rotatable bonds is 7. The molecule has 0 saturated heterocycles. The van der Waals surface area contributed by atoms with Crippen LogP contribution in [-0.4, -0.2) is 22.8 Å². The number of aliphatic hydroxyl groups excluding tert-OH is 1. The smallest absolute Gasteiger partial charge is 0.348 e. The fourth-order valence-corrected chi connectivity index (χ4v) is 0.577. The van der Waals surface area contributed by atoms with Crippen LogP contribution in [0.1, 0.15) is 47.0 Å². The van der Waals surface area contributed by atoms with Gasteiger partial charge in [0.25, 0.3) is 0 Å². The Balaban J connectivity index is 3.64. The van der Waals surface area contributed by atoms with E-state index in [0.29, 0.717) is 6.42 Å². The highest BCUT2D eigenvalue weighted by atomic mass is 17.5. The van der Waals surface area contributed by atoms with Crippen LogP contribution >= 0.6 is 0 Å². The third-order valence-electron chi connectivity index (χ3n) is 2.11. The third-order valence-corrected chi connectivity index (χ3v) is 2.11. The summed E-state index contributed by atoms with van der Waals surface area (Å²) < 4.78 is 0. The van der Waals surface area contributed by atoms with Gasteiger partial charge in [0.1, 0.15) is 5.60 Å². The molecule has 0 aromatic heterocycles. The number of carbonyl (C=O) groups is 1. The molecular formula is C10H20O5. The summed E-state index contributed by atoms with van der Waals surface area (Å²) in [6.07, 6.45) is 0.436. The van der Waals surface area contributed by atoms with Gasteiger partial charge >= 0.3 is 5.97 Å². The molecule has 0 fully saturated rings. The lowest BCUT2D eigenvalue weighted by Gasteiger charge is -2.19. The zero-order chi connectivity index (χ0) is 11.9. The fraction of sp³-hybridized carbons (Fsp3) is 0.900. The van der Waals surface area contributed by atoms with Gasteiger partial charge in [0, 0.05) is 0 Å². The van der Waals surface area contributed by atoms with Crippen molar-refractivity contribution in [2.45, 2.75) is 58.7 Å². The highest BCUT2D eigenvalue weighted by Gasteiger charge is 2.19. The van der Waals surface area contributed by atoms with Gasteiger partial charge in [0.05, 0.1) is 12.5 Å². The monoisotopic (exact) mass is 220 g/mol. The van der Waals surface area contributed by atoms with Gasteiger partial charge in [0.15, 0.2) is 0 Å². The normalized spacial score (nSPS) is 13.7. The Morgan fingerprint density at radius 3 is 2.47 bits per heavy atom. The first-order valence-corrected chi connectivity index (χ1v) is 5.14. The van der Waals surface area contributed by atoms with Crippen LogP contribution in [0, 0.1) is 0 Å². The molecule has 0 aliphatic carbocycles. The number of hydrogen-bond acceptors (Lipinski definition) is 5. The van der Waals surface area contributed by atoms with E-state index in [1.165, 1.54) is 0 Å². The Bertz CT molecular complexity index is 190. The molecule has 0 heterocycles. The second-order valence-electron chi connectivity index (χ2n) is 3.99. The Morgan fingerprint density at radius 1 is 1.40 bits per heavy atom. The van der Waals surface area contributed by atoms with E-state index in [-0.39, 0.29) is 6.42 Å². The van der Waals surface area contributed by atoms with Crippen molar-refractivity contribution in [3.63, 3.8) is 0 Å². The van der Waals surface area contributed by atoms with Crippen LogP contribution in [0.3, 0.4) is 0 Å². The maximum absolute atomic E-state index is 11.0. The molecule has 90 valence electrons. The maximum atomic E-state index is 11.0. The molecule has 0 saturated carbocycles. The molecule has 5 heteroatoms. The van der Waals surface area contributed by atoms with Gasteiger partial charge in [-0.15, -0.1) is 0 Å². The second kappa shape index (κ2) is 6.76. The predicted octanol–water partition coefficient (Wildman–Crippen LogP) is 1.74.